The zero-order chi connectivity index (χ0) is 11.3. The molecule has 84 valence electrons. The van der Waals surface area contributed by atoms with E-state index < -0.39 is 0 Å². The summed E-state index contributed by atoms with van der Waals surface area (Å²) in [5, 5.41) is 3.32. The molecule has 1 rings (SSSR count). The lowest BCUT2D eigenvalue weighted by molar-refractivity contribution is 0.398. The van der Waals surface area contributed by atoms with Gasteiger partial charge >= 0.3 is 0 Å². The molecule has 0 spiro atoms. The lowest BCUT2D eigenvalue weighted by Gasteiger charge is -2.26. The van der Waals surface area contributed by atoms with Crippen molar-refractivity contribution in [3.63, 3.8) is 0 Å². The Balaban J connectivity index is 2.71. The molecule has 3 N–H and O–H groups in total. The zero-order valence-corrected chi connectivity index (χ0v) is 9.58. The Bertz CT molecular complexity index is 312. The van der Waals surface area contributed by atoms with Gasteiger partial charge in [0, 0.05) is 11.6 Å². The highest BCUT2D eigenvalue weighted by Crippen LogP contribution is 2.17. The molecule has 0 unspecified atom stereocenters. The number of ether oxygens (including phenoxy) is 1. The molecule has 0 saturated heterocycles. The van der Waals surface area contributed by atoms with E-state index in [1.165, 1.54) is 0 Å². The van der Waals surface area contributed by atoms with Crippen molar-refractivity contribution < 1.29 is 4.74 Å². The van der Waals surface area contributed by atoms with Crippen LogP contribution >= 0.6 is 0 Å². The van der Waals surface area contributed by atoms with Crippen LogP contribution in [-0.4, -0.2) is 24.2 Å². The topological polar surface area (TPSA) is 60.2 Å². The van der Waals surface area contributed by atoms with E-state index in [9.17, 15) is 0 Å². The second kappa shape index (κ2) is 4.98. The molecule has 0 radical (unpaired) electrons. The largest absolute Gasteiger partial charge is 0.481 e. The van der Waals surface area contributed by atoms with Gasteiger partial charge in [0.2, 0.25) is 5.88 Å². The van der Waals surface area contributed by atoms with E-state index in [0.29, 0.717) is 12.4 Å². The summed E-state index contributed by atoms with van der Waals surface area (Å²) >= 11 is 0. The van der Waals surface area contributed by atoms with Crippen molar-refractivity contribution in [1.82, 2.24) is 4.98 Å². The van der Waals surface area contributed by atoms with Crippen LogP contribution in [-0.2, 0) is 0 Å². The average Bonchev–Trinajstić information content (AvgIpc) is 2.17. The van der Waals surface area contributed by atoms with E-state index in [2.05, 4.69) is 24.1 Å². The van der Waals surface area contributed by atoms with Gasteiger partial charge in [-0.1, -0.05) is 6.07 Å². The van der Waals surface area contributed by atoms with E-state index in [0.717, 1.165) is 12.2 Å². The zero-order valence-electron chi connectivity index (χ0n) is 9.58. The molecule has 0 aromatic carbocycles. The number of methoxy groups -OCH3 is 1. The predicted molar refractivity (Wildman–Crippen MR) is 62.2 cm³/mol. The van der Waals surface area contributed by atoms with Gasteiger partial charge in [-0.15, -0.1) is 0 Å². The van der Waals surface area contributed by atoms with Gasteiger partial charge in [-0.05, 0) is 32.9 Å². The number of nitrogens with two attached hydrogens (primary N) is 1. The van der Waals surface area contributed by atoms with Gasteiger partial charge in [0.05, 0.1) is 7.11 Å². The van der Waals surface area contributed by atoms with Crippen molar-refractivity contribution in [2.75, 3.05) is 19.0 Å². The third-order valence-corrected chi connectivity index (χ3v) is 2.17. The van der Waals surface area contributed by atoms with E-state index in [4.69, 9.17) is 10.5 Å². The molecule has 0 aliphatic rings. The Kier molecular flexibility index (Phi) is 3.91. The highest BCUT2D eigenvalue weighted by molar-refractivity contribution is 5.39. The summed E-state index contributed by atoms with van der Waals surface area (Å²) in [4.78, 5) is 4.28. The Morgan fingerprint density at radius 2 is 2.20 bits per heavy atom. The quantitative estimate of drug-likeness (QED) is 0.773. The fourth-order valence-electron chi connectivity index (χ4n) is 1.37. The van der Waals surface area contributed by atoms with Crippen molar-refractivity contribution in [2.24, 2.45) is 5.73 Å². The summed E-state index contributed by atoms with van der Waals surface area (Å²) in [7, 11) is 1.61. The first-order valence-electron chi connectivity index (χ1n) is 5.07. The van der Waals surface area contributed by atoms with Crippen LogP contribution < -0.4 is 15.8 Å². The summed E-state index contributed by atoms with van der Waals surface area (Å²) in [6, 6.07) is 5.65. The third-order valence-electron chi connectivity index (χ3n) is 2.17. The molecule has 15 heavy (non-hydrogen) atoms. The summed E-state index contributed by atoms with van der Waals surface area (Å²) < 4.78 is 5.05. The minimum absolute atomic E-state index is 0.0475. The number of hydrogen-bond acceptors (Lipinski definition) is 4. The van der Waals surface area contributed by atoms with Crippen molar-refractivity contribution in [2.45, 2.75) is 25.8 Å². The second-order valence-corrected chi connectivity index (χ2v) is 4.11. The SMILES string of the molecule is COc1cccc(NC(C)(C)CCN)n1. The predicted octanol–water partition coefficient (Wildman–Crippen LogP) is 1.63. The Morgan fingerprint density at radius 1 is 1.47 bits per heavy atom. The Morgan fingerprint density at radius 3 is 2.80 bits per heavy atom. The number of nitrogens with one attached hydrogen (secondary N) is 1. The van der Waals surface area contributed by atoms with Crippen LogP contribution in [0, 0.1) is 0 Å². The molecule has 0 amide bonds. The van der Waals surface area contributed by atoms with Gasteiger partial charge in [0.25, 0.3) is 0 Å². The number of pyridine rings is 1. The van der Waals surface area contributed by atoms with Crippen LogP contribution in [0.1, 0.15) is 20.3 Å². The molecule has 0 bridgehead atoms. The average molecular weight is 209 g/mol. The summed E-state index contributed by atoms with van der Waals surface area (Å²) in [5.41, 5.74) is 5.49. The van der Waals surface area contributed by atoms with Crippen LogP contribution in [0.15, 0.2) is 18.2 Å². The van der Waals surface area contributed by atoms with Crippen molar-refractivity contribution >= 4 is 5.82 Å². The van der Waals surface area contributed by atoms with Crippen LogP contribution in [0.25, 0.3) is 0 Å². The third kappa shape index (κ3) is 3.75. The molecule has 1 heterocycles. The van der Waals surface area contributed by atoms with Crippen molar-refractivity contribution in [3.8, 4) is 5.88 Å². The standard InChI is InChI=1S/C11H19N3O/c1-11(2,7-8-12)14-9-5-4-6-10(13-9)15-3/h4-6H,7-8,12H2,1-3H3,(H,13,14). The lowest BCUT2D eigenvalue weighted by Crippen LogP contribution is -2.33. The molecule has 0 saturated carbocycles. The molecular formula is C11H19N3O. The Hall–Kier alpha value is -1.29. The highest BCUT2D eigenvalue weighted by Gasteiger charge is 2.16. The van der Waals surface area contributed by atoms with Gasteiger partial charge < -0.3 is 15.8 Å². The molecule has 1 aromatic heterocycles. The Labute approximate surface area is 90.8 Å². The van der Waals surface area contributed by atoms with Crippen molar-refractivity contribution in [3.05, 3.63) is 18.2 Å². The van der Waals surface area contributed by atoms with Gasteiger partial charge in [-0.25, -0.2) is 0 Å². The molecule has 0 aliphatic carbocycles. The van der Waals surface area contributed by atoms with Gasteiger partial charge in [0.1, 0.15) is 5.82 Å². The van der Waals surface area contributed by atoms with Crippen molar-refractivity contribution in [1.29, 1.82) is 0 Å². The molecule has 0 fully saturated rings. The fraction of sp³-hybridized carbons (Fsp3) is 0.545. The van der Waals surface area contributed by atoms with E-state index in [1.807, 2.05) is 18.2 Å². The van der Waals surface area contributed by atoms with Crippen LogP contribution in [0.4, 0.5) is 5.82 Å². The number of anilines is 1. The highest BCUT2D eigenvalue weighted by atomic mass is 16.5. The fourth-order valence-corrected chi connectivity index (χ4v) is 1.37. The molecule has 0 atom stereocenters. The number of aromatic nitrogens is 1. The summed E-state index contributed by atoms with van der Waals surface area (Å²) in [6.07, 6.45) is 0.895. The first-order valence-corrected chi connectivity index (χ1v) is 5.07. The van der Waals surface area contributed by atoms with E-state index in [-0.39, 0.29) is 5.54 Å². The minimum atomic E-state index is -0.0475. The smallest absolute Gasteiger partial charge is 0.214 e. The molecular weight excluding hydrogens is 190 g/mol. The number of rotatable bonds is 5. The van der Waals surface area contributed by atoms with E-state index >= 15 is 0 Å². The maximum absolute atomic E-state index is 5.54. The molecule has 0 aliphatic heterocycles. The van der Waals surface area contributed by atoms with Crippen LogP contribution in [0.5, 0.6) is 5.88 Å². The summed E-state index contributed by atoms with van der Waals surface area (Å²) in [5.74, 6) is 1.43. The van der Waals surface area contributed by atoms with Gasteiger partial charge in [-0.3, -0.25) is 0 Å². The monoisotopic (exact) mass is 209 g/mol. The first-order chi connectivity index (χ1) is 7.07. The lowest BCUT2D eigenvalue weighted by atomic mass is 10.0. The summed E-state index contributed by atoms with van der Waals surface area (Å²) in [6.45, 7) is 4.85. The number of hydrogen-bond donors (Lipinski definition) is 2. The number of nitrogens with zero attached hydrogens (tertiary/aromatic N) is 1. The van der Waals surface area contributed by atoms with Gasteiger partial charge in [0.15, 0.2) is 0 Å². The maximum atomic E-state index is 5.54. The van der Waals surface area contributed by atoms with E-state index in [1.54, 1.807) is 7.11 Å². The first kappa shape index (κ1) is 11.8. The van der Waals surface area contributed by atoms with Crippen LogP contribution in [0.2, 0.25) is 0 Å². The second-order valence-electron chi connectivity index (χ2n) is 4.11. The van der Waals surface area contributed by atoms with Gasteiger partial charge in [-0.2, -0.15) is 4.98 Å². The minimum Gasteiger partial charge on any atom is -0.481 e. The molecule has 4 heteroatoms. The maximum Gasteiger partial charge on any atom is 0.214 e. The molecule has 4 nitrogen and oxygen atoms in total. The normalized spacial score (nSPS) is 11.2. The van der Waals surface area contributed by atoms with Crippen LogP contribution in [0.3, 0.4) is 0 Å². The molecule has 1 aromatic rings.